The van der Waals surface area contributed by atoms with E-state index in [0.717, 1.165) is 29.0 Å². The van der Waals surface area contributed by atoms with Crippen molar-refractivity contribution in [2.24, 2.45) is 0 Å². The van der Waals surface area contributed by atoms with Crippen molar-refractivity contribution in [2.45, 2.75) is 39.3 Å². The fraction of sp³-hybridized carbons (Fsp3) is 0.533. The first-order valence-corrected chi connectivity index (χ1v) is 9.15. The van der Waals surface area contributed by atoms with E-state index < -0.39 is 0 Å². The Morgan fingerprint density at radius 1 is 1.38 bits per heavy atom. The lowest BCUT2D eigenvalue weighted by atomic mass is 10.0. The summed E-state index contributed by atoms with van der Waals surface area (Å²) in [5, 5.41) is 4.33. The SMILES string of the molecule is CCC(C)c1nc(N(C)Cc2ccc(Cl)s2)sc1CNC. The molecule has 2 heterocycles. The second-order valence-electron chi connectivity index (χ2n) is 5.21. The number of halogens is 1. The molecule has 0 aromatic carbocycles. The Morgan fingerprint density at radius 3 is 2.71 bits per heavy atom. The quantitative estimate of drug-likeness (QED) is 0.787. The Morgan fingerprint density at radius 2 is 2.14 bits per heavy atom. The van der Waals surface area contributed by atoms with Crippen LogP contribution in [0.2, 0.25) is 4.34 Å². The first-order valence-electron chi connectivity index (χ1n) is 7.14. The number of hydrogen-bond donors (Lipinski definition) is 1. The molecule has 116 valence electrons. The van der Waals surface area contributed by atoms with E-state index in [0.29, 0.717) is 5.92 Å². The zero-order chi connectivity index (χ0) is 15.4. The van der Waals surface area contributed by atoms with Crippen LogP contribution in [0, 0.1) is 0 Å². The van der Waals surface area contributed by atoms with Gasteiger partial charge in [0.2, 0.25) is 0 Å². The van der Waals surface area contributed by atoms with Crippen LogP contribution in [0.5, 0.6) is 0 Å². The van der Waals surface area contributed by atoms with Crippen LogP contribution in [-0.4, -0.2) is 19.1 Å². The average Bonchev–Trinajstić information content (AvgIpc) is 3.05. The summed E-state index contributed by atoms with van der Waals surface area (Å²) in [5.41, 5.74) is 1.24. The molecule has 0 bridgehead atoms. The molecule has 0 aliphatic heterocycles. The molecule has 21 heavy (non-hydrogen) atoms. The molecule has 2 aromatic heterocycles. The number of thiophene rings is 1. The molecule has 0 spiro atoms. The molecule has 3 nitrogen and oxygen atoms in total. The van der Waals surface area contributed by atoms with Crippen molar-refractivity contribution in [1.82, 2.24) is 10.3 Å². The second kappa shape index (κ2) is 7.58. The molecule has 1 unspecified atom stereocenters. The smallest absolute Gasteiger partial charge is 0.185 e. The van der Waals surface area contributed by atoms with Crippen LogP contribution in [-0.2, 0) is 13.1 Å². The molecule has 1 atom stereocenters. The Kier molecular flexibility index (Phi) is 6.05. The highest BCUT2D eigenvalue weighted by Crippen LogP contribution is 2.33. The number of anilines is 1. The zero-order valence-electron chi connectivity index (χ0n) is 12.9. The van der Waals surface area contributed by atoms with Crippen molar-refractivity contribution in [2.75, 3.05) is 19.0 Å². The average molecular weight is 344 g/mol. The van der Waals surface area contributed by atoms with Crippen molar-refractivity contribution in [1.29, 1.82) is 0 Å². The van der Waals surface area contributed by atoms with Gasteiger partial charge in [0.05, 0.1) is 16.6 Å². The van der Waals surface area contributed by atoms with Crippen molar-refractivity contribution in [3.8, 4) is 0 Å². The first kappa shape index (κ1) is 16.7. The lowest BCUT2D eigenvalue weighted by molar-refractivity contribution is 0.692. The molecule has 0 radical (unpaired) electrons. The fourth-order valence-electron chi connectivity index (χ4n) is 2.12. The van der Waals surface area contributed by atoms with Gasteiger partial charge in [-0.1, -0.05) is 25.4 Å². The fourth-order valence-corrected chi connectivity index (χ4v) is 4.41. The van der Waals surface area contributed by atoms with Crippen LogP contribution >= 0.6 is 34.3 Å². The Bertz CT molecular complexity index is 579. The van der Waals surface area contributed by atoms with Crippen LogP contribution < -0.4 is 10.2 Å². The van der Waals surface area contributed by atoms with Crippen molar-refractivity contribution >= 4 is 39.4 Å². The standard InChI is InChI=1S/C15H22ClN3S2/c1-5-10(2)14-12(8-17-3)21-15(18-14)19(4)9-11-6-7-13(16)20-11/h6-7,10,17H,5,8-9H2,1-4H3. The molecule has 6 heteroatoms. The van der Waals surface area contributed by atoms with E-state index in [1.807, 2.05) is 13.1 Å². The minimum atomic E-state index is 0.503. The van der Waals surface area contributed by atoms with Crippen LogP contribution in [0.3, 0.4) is 0 Å². The molecule has 2 aromatic rings. The van der Waals surface area contributed by atoms with E-state index in [1.54, 1.807) is 22.7 Å². The molecule has 0 saturated carbocycles. The van der Waals surface area contributed by atoms with Gasteiger partial charge in [-0.25, -0.2) is 4.98 Å². The third-order valence-electron chi connectivity index (χ3n) is 3.48. The Labute approximate surface area is 140 Å². The highest BCUT2D eigenvalue weighted by Gasteiger charge is 2.18. The largest absolute Gasteiger partial charge is 0.346 e. The van der Waals surface area contributed by atoms with E-state index in [9.17, 15) is 0 Å². The topological polar surface area (TPSA) is 28.2 Å². The van der Waals surface area contributed by atoms with Crippen LogP contribution in [0.4, 0.5) is 5.13 Å². The monoisotopic (exact) mass is 343 g/mol. The van der Waals surface area contributed by atoms with Gasteiger partial charge in [-0.05, 0) is 31.5 Å². The van der Waals surface area contributed by atoms with Gasteiger partial charge in [-0.15, -0.1) is 22.7 Å². The zero-order valence-corrected chi connectivity index (χ0v) is 15.3. The van der Waals surface area contributed by atoms with Crippen molar-refractivity contribution < 1.29 is 0 Å². The summed E-state index contributed by atoms with van der Waals surface area (Å²) >= 11 is 9.42. The van der Waals surface area contributed by atoms with Gasteiger partial charge < -0.3 is 10.2 Å². The maximum absolute atomic E-state index is 6.00. The number of aromatic nitrogens is 1. The lowest BCUT2D eigenvalue weighted by Gasteiger charge is -2.14. The van der Waals surface area contributed by atoms with Gasteiger partial charge in [-0.3, -0.25) is 0 Å². The molecular formula is C15H22ClN3S2. The predicted octanol–water partition coefficient (Wildman–Crippen LogP) is 4.73. The van der Waals surface area contributed by atoms with Gasteiger partial charge in [0.15, 0.2) is 5.13 Å². The highest BCUT2D eigenvalue weighted by molar-refractivity contribution is 7.16. The third kappa shape index (κ3) is 4.19. The van der Waals surface area contributed by atoms with Crippen LogP contribution in [0.25, 0.3) is 0 Å². The summed E-state index contributed by atoms with van der Waals surface area (Å²) in [6, 6.07) is 4.04. The molecule has 1 N–H and O–H groups in total. The third-order valence-corrected chi connectivity index (χ3v) is 5.88. The van der Waals surface area contributed by atoms with Crippen molar-refractivity contribution in [3.63, 3.8) is 0 Å². The summed E-state index contributed by atoms with van der Waals surface area (Å²) in [5.74, 6) is 0.503. The predicted molar refractivity (Wildman–Crippen MR) is 95.0 cm³/mol. The number of rotatable bonds is 7. The van der Waals surface area contributed by atoms with Crippen LogP contribution in [0.1, 0.15) is 41.6 Å². The summed E-state index contributed by atoms with van der Waals surface area (Å²) in [6.45, 7) is 6.20. The molecular weight excluding hydrogens is 322 g/mol. The van der Waals surface area contributed by atoms with Crippen molar-refractivity contribution in [3.05, 3.63) is 31.9 Å². The maximum Gasteiger partial charge on any atom is 0.185 e. The Hall–Kier alpha value is -0.620. The van der Waals surface area contributed by atoms with E-state index in [4.69, 9.17) is 16.6 Å². The van der Waals surface area contributed by atoms with Gasteiger partial charge in [0, 0.05) is 23.3 Å². The molecule has 0 fully saturated rings. The first-order chi connectivity index (χ1) is 10.0. The van der Waals surface area contributed by atoms with E-state index >= 15 is 0 Å². The van der Waals surface area contributed by atoms with Crippen LogP contribution in [0.15, 0.2) is 12.1 Å². The number of thiazole rings is 1. The second-order valence-corrected chi connectivity index (χ2v) is 8.07. The normalized spacial score (nSPS) is 12.6. The lowest BCUT2D eigenvalue weighted by Crippen LogP contribution is -2.15. The number of hydrogen-bond acceptors (Lipinski definition) is 5. The Balaban J connectivity index is 2.18. The molecule has 0 aliphatic carbocycles. The number of nitrogens with one attached hydrogen (secondary N) is 1. The molecule has 0 saturated heterocycles. The van der Waals surface area contributed by atoms with Gasteiger partial charge >= 0.3 is 0 Å². The van der Waals surface area contributed by atoms with E-state index in [2.05, 4.69) is 37.2 Å². The van der Waals surface area contributed by atoms with E-state index in [1.165, 1.54) is 15.4 Å². The summed E-state index contributed by atoms with van der Waals surface area (Å²) in [4.78, 5) is 9.69. The maximum atomic E-state index is 6.00. The van der Waals surface area contributed by atoms with Gasteiger partial charge in [-0.2, -0.15) is 0 Å². The molecule has 2 rings (SSSR count). The van der Waals surface area contributed by atoms with E-state index in [-0.39, 0.29) is 0 Å². The molecule has 0 amide bonds. The summed E-state index contributed by atoms with van der Waals surface area (Å²) < 4.78 is 0.841. The van der Waals surface area contributed by atoms with Gasteiger partial charge in [0.1, 0.15) is 0 Å². The summed E-state index contributed by atoms with van der Waals surface area (Å²) in [7, 11) is 4.08. The minimum Gasteiger partial charge on any atom is -0.346 e. The number of nitrogens with zero attached hydrogens (tertiary/aromatic N) is 2. The van der Waals surface area contributed by atoms with Gasteiger partial charge in [0.25, 0.3) is 0 Å². The summed E-state index contributed by atoms with van der Waals surface area (Å²) in [6.07, 6.45) is 1.12. The molecule has 0 aliphatic rings. The minimum absolute atomic E-state index is 0.503. The highest BCUT2D eigenvalue weighted by atomic mass is 35.5.